The van der Waals surface area contributed by atoms with Crippen molar-refractivity contribution in [2.45, 2.75) is 111 Å². The summed E-state index contributed by atoms with van der Waals surface area (Å²) in [5, 5.41) is 26.7. The number of carbonyl (C=O) groups excluding carboxylic acids is 2. The van der Waals surface area contributed by atoms with Gasteiger partial charge in [-0.25, -0.2) is 5.43 Å². The van der Waals surface area contributed by atoms with Crippen LogP contribution in [-0.4, -0.2) is 76.6 Å². The number of hydrogen-bond acceptors (Lipinski definition) is 9. The predicted octanol–water partition coefficient (Wildman–Crippen LogP) is 8.02. The Labute approximate surface area is 338 Å². The van der Waals surface area contributed by atoms with Crippen LogP contribution in [0.15, 0.2) is 54.7 Å². The number of aromatic nitrogens is 2. The molecule has 1 saturated heterocycles. The van der Waals surface area contributed by atoms with E-state index in [1.807, 2.05) is 40.0 Å². The Kier molecular flexibility index (Phi) is 13.2. The number of carbonyl (C=O) groups is 2. The highest BCUT2D eigenvalue weighted by Crippen LogP contribution is 2.42. The van der Waals surface area contributed by atoms with Crippen molar-refractivity contribution in [3.05, 3.63) is 71.5 Å². The van der Waals surface area contributed by atoms with Crippen LogP contribution in [0.2, 0.25) is 0 Å². The third-order valence-electron chi connectivity index (χ3n) is 11.8. The zero-order valence-corrected chi connectivity index (χ0v) is 35.1. The number of nitrogens with one attached hydrogen (secondary N) is 3. The SMILES string of the molecule is CCn1c(-c2cccnc2[C@H](C)OC)c2c3cc(ccc31)-c1cc(O)cc(c1)C[C@H](CCCC(=O)[C@@H](NC)C(C)C)C(=N)N1CCC[C@H](N1)C(=O)OCC(C)(C)C2. The summed E-state index contributed by atoms with van der Waals surface area (Å²) in [7, 11) is 3.52. The molecule has 57 heavy (non-hydrogen) atoms. The van der Waals surface area contributed by atoms with E-state index in [1.165, 1.54) is 0 Å². The van der Waals surface area contributed by atoms with Crippen molar-refractivity contribution in [1.82, 2.24) is 25.3 Å². The normalized spacial score (nSPS) is 20.0. The average molecular weight is 779 g/mol. The number of phenolic OH excluding ortho intramolecular Hbond substituents is 1. The molecule has 11 nitrogen and oxygen atoms in total. The number of Topliss-reactive ketones (excluding diaryl/α,β-unsaturated/α-hetero) is 1. The number of benzene rings is 2. The molecular weight excluding hydrogens is 717 g/mol. The van der Waals surface area contributed by atoms with E-state index in [1.54, 1.807) is 24.4 Å². The molecule has 0 aliphatic carbocycles. The largest absolute Gasteiger partial charge is 0.508 e. The van der Waals surface area contributed by atoms with E-state index in [2.05, 4.69) is 66.4 Å². The summed E-state index contributed by atoms with van der Waals surface area (Å²) < 4.78 is 14.3. The number of fused-ring (bicyclic) bond motifs is 6. The molecule has 4 atom stereocenters. The molecule has 0 spiro atoms. The van der Waals surface area contributed by atoms with Crippen LogP contribution in [0.1, 0.15) is 96.6 Å². The number of likely N-dealkylation sites (N-methyl/N-ethyl adjacent to an activating group) is 1. The molecule has 6 rings (SSSR count). The van der Waals surface area contributed by atoms with Gasteiger partial charge in [-0.3, -0.25) is 25.0 Å². The molecule has 2 aromatic heterocycles. The molecule has 0 amide bonds. The van der Waals surface area contributed by atoms with Gasteiger partial charge in [0.1, 0.15) is 23.4 Å². The number of nitrogens with zero attached hydrogens (tertiary/aromatic N) is 3. The van der Waals surface area contributed by atoms with Gasteiger partial charge in [-0.15, -0.1) is 0 Å². The Bertz CT molecular complexity index is 2090. The van der Waals surface area contributed by atoms with Crippen molar-refractivity contribution in [1.29, 1.82) is 5.41 Å². The van der Waals surface area contributed by atoms with Gasteiger partial charge in [0.25, 0.3) is 0 Å². The number of hydrogen-bond donors (Lipinski definition) is 4. The zero-order chi connectivity index (χ0) is 41.0. The number of aryl methyl sites for hydroxylation is 1. The molecule has 0 saturated carbocycles. The van der Waals surface area contributed by atoms with E-state index < -0.39 is 11.5 Å². The van der Waals surface area contributed by atoms with Crippen LogP contribution in [0.3, 0.4) is 0 Å². The standard InChI is InChI=1S/C46H62N6O5/c1-9-51-39-18-17-31-25-36(39)37(43(51)35-14-11-19-49-42(35)29(4)56-8)26-46(5,6)27-57-45(55)38-15-12-20-52(50-38)44(47)32(21-30-22-33(31)24-34(53)23-30)13-10-16-40(54)41(48-7)28(2)3/h11,14,17-19,22-25,28-29,32,38,41,47-48,50,53H,9-10,12-13,15-16,20-21,26-27H2,1-8H3/t29-,32-,38-,41-/m0/s1. The molecule has 0 radical (unpaired) electrons. The molecule has 2 aliphatic rings. The maximum Gasteiger partial charge on any atom is 0.324 e. The lowest BCUT2D eigenvalue weighted by molar-refractivity contribution is -0.151. The Morgan fingerprint density at radius 2 is 1.95 bits per heavy atom. The lowest BCUT2D eigenvalue weighted by atomic mass is 9.84. The number of rotatable bonds is 11. The van der Waals surface area contributed by atoms with Crippen LogP contribution in [0.25, 0.3) is 33.3 Å². The third-order valence-corrected chi connectivity index (χ3v) is 11.8. The molecule has 11 heteroatoms. The quantitative estimate of drug-likeness (QED) is 0.111. The molecule has 4 heterocycles. The van der Waals surface area contributed by atoms with Gasteiger partial charge in [-0.05, 0) is 124 Å². The lowest BCUT2D eigenvalue weighted by Crippen LogP contribution is -2.57. The molecule has 2 aromatic carbocycles. The Hall–Kier alpha value is -4.58. The van der Waals surface area contributed by atoms with Crippen LogP contribution in [-0.2, 0) is 38.4 Å². The van der Waals surface area contributed by atoms with Crippen molar-refractivity contribution in [3.8, 4) is 28.1 Å². The second kappa shape index (κ2) is 17.9. The number of ketones is 1. The lowest BCUT2D eigenvalue weighted by Gasteiger charge is -2.37. The summed E-state index contributed by atoms with van der Waals surface area (Å²) >= 11 is 0. The topological polar surface area (TPSA) is 142 Å². The van der Waals surface area contributed by atoms with Crippen LogP contribution < -0.4 is 10.7 Å². The van der Waals surface area contributed by atoms with Crippen molar-refractivity contribution in [2.24, 2.45) is 17.3 Å². The number of ether oxygens (including phenoxy) is 2. The van der Waals surface area contributed by atoms with E-state index in [9.17, 15) is 20.1 Å². The van der Waals surface area contributed by atoms with E-state index in [0.717, 1.165) is 63.1 Å². The van der Waals surface area contributed by atoms with Gasteiger partial charge in [0, 0.05) is 60.6 Å². The second-order valence-corrected chi connectivity index (χ2v) is 17.1. The average Bonchev–Trinajstić information content (AvgIpc) is 3.49. The Morgan fingerprint density at radius 3 is 2.67 bits per heavy atom. The Balaban J connectivity index is 1.48. The highest BCUT2D eigenvalue weighted by atomic mass is 16.5. The summed E-state index contributed by atoms with van der Waals surface area (Å²) in [6.07, 6.45) is 5.65. The number of pyridine rings is 1. The zero-order valence-electron chi connectivity index (χ0n) is 35.1. The van der Waals surface area contributed by atoms with Gasteiger partial charge in [0.05, 0.1) is 30.1 Å². The van der Waals surface area contributed by atoms with Crippen LogP contribution in [0.5, 0.6) is 5.75 Å². The van der Waals surface area contributed by atoms with Crippen molar-refractivity contribution in [3.63, 3.8) is 0 Å². The highest BCUT2D eigenvalue weighted by molar-refractivity contribution is 5.95. The van der Waals surface area contributed by atoms with Gasteiger partial charge in [-0.2, -0.15) is 0 Å². The van der Waals surface area contributed by atoms with Gasteiger partial charge < -0.3 is 24.5 Å². The monoisotopic (exact) mass is 778 g/mol. The number of hydrazine groups is 1. The molecule has 6 bridgehead atoms. The highest BCUT2D eigenvalue weighted by Gasteiger charge is 2.34. The van der Waals surface area contributed by atoms with Crippen molar-refractivity contribution < 1.29 is 24.2 Å². The van der Waals surface area contributed by atoms with Crippen molar-refractivity contribution >= 4 is 28.5 Å². The van der Waals surface area contributed by atoms with Gasteiger partial charge in [0.15, 0.2) is 0 Å². The number of methoxy groups -OCH3 is 1. The number of amidine groups is 1. The molecule has 2 aliphatic heterocycles. The number of aromatic hydroxyl groups is 1. The summed E-state index contributed by atoms with van der Waals surface area (Å²) in [6.45, 7) is 14.0. The van der Waals surface area contributed by atoms with Gasteiger partial charge in [-0.1, -0.05) is 39.8 Å². The van der Waals surface area contributed by atoms with Crippen molar-refractivity contribution in [2.75, 3.05) is 27.3 Å². The first-order valence-corrected chi connectivity index (χ1v) is 20.7. The first kappa shape index (κ1) is 42.0. The third kappa shape index (κ3) is 9.27. The minimum Gasteiger partial charge on any atom is -0.508 e. The van der Waals surface area contributed by atoms with E-state index >= 15 is 0 Å². The minimum atomic E-state index is -0.584. The van der Waals surface area contributed by atoms with E-state index in [-0.39, 0.29) is 48.1 Å². The smallest absolute Gasteiger partial charge is 0.324 e. The maximum absolute atomic E-state index is 13.8. The number of phenols is 1. The summed E-state index contributed by atoms with van der Waals surface area (Å²) in [4.78, 5) is 31.8. The summed E-state index contributed by atoms with van der Waals surface area (Å²) in [6, 6.07) is 15.5. The summed E-state index contributed by atoms with van der Waals surface area (Å²) in [5.41, 5.74) is 10.8. The fourth-order valence-corrected chi connectivity index (χ4v) is 8.84. The van der Waals surface area contributed by atoms with Crippen LogP contribution >= 0.6 is 0 Å². The van der Waals surface area contributed by atoms with Crippen LogP contribution in [0, 0.1) is 22.7 Å². The summed E-state index contributed by atoms with van der Waals surface area (Å²) in [5.74, 6) is 0.290. The molecular formula is C46H62N6O5. The molecule has 0 unspecified atom stereocenters. The molecule has 1 fully saturated rings. The Morgan fingerprint density at radius 1 is 1.16 bits per heavy atom. The van der Waals surface area contributed by atoms with Crippen LogP contribution in [0.4, 0.5) is 0 Å². The second-order valence-electron chi connectivity index (χ2n) is 17.1. The fraction of sp³-hybridized carbons (Fsp3) is 0.522. The minimum absolute atomic E-state index is 0.159. The van der Waals surface area contributed by atoms with E-state index in [4.69, 9.17) is 14.5 Å². The van der Waals surface area contributed by atoms with E-state index in [0.29, 0.717) is 50.9 Å². The van der Waals surface area contributed by atoms with Gasteiger partial charge >= 0.3 is 5.97 Å². The number of cyclic esters (lactones) is 1. The molecule has 4 N–H and O–H groups in total. The molecule has 306 valence electrons. The fourth-order valence-electron chi connectivity index (χ4n) is 8.84. The first-order valence-electron chi connectivity index (χ1n) is 20.7. The van der Waals surface area contributed by atoms with Gasteiger partial charge in [0.2, 0.25) is 0 Å². The first-order chi connectivity index (χ1) is 27.2. The maximum atomic E-state index is 13.8. The number of esters is 1. The molecule has 4 aromatic rings. The predicted molar refractivity (Wildman–Crippen MR) is 226 cm³/mol.